The first-order chi connectivity index (χ1) is 34.2. The normalized spacial score (nSPS) is 18.4. The zero-order valence-corrected chi connectivity index (χ0v) is 41.2. The molecular formula is C50H55FN12O7S. The fourth-order valence-corrected chi connectivity index (χ4v) is 11.0. The van der Waals surface area contributed by atoms with Gasteiger partial charge in [0.2, 0.25) is 18.0 Å². The van der Waals surface area contributed by atoms with Gasteiger partial charge in [-0.1, -0.05) is 33.8 Å². The van der Waals surface area contributed by atoms with Gasteiger partial charge in [-0.15, -0.1) is 11.3 Å². The van der Waals surface area contributed by atoms with Crippen molar-refractivity contribution in [1.82, 2.24) is 59.7 Å². The number of carbonyl (C=O) groups is 4. The molecule has 8 heterocycles. The molecule has 0 saturated carbocycles. The second kappa shape index (κ2) is 19.0. The number of hydrogen-bond acceptors (Lipinski definition) is 12. The largest absolute Gasteiger partial charge is 0.464 e. The van der Waals surface area contributed by atoms with E-state index < -0.39 is 36.3 Å². The number of amides is 4. The van der Waals surface area contributed by atoms with Crippen LogP contribution in [0.4, 0.5) is 14.0 Å². The van der Waals surface area contributed by atoms with E-state index in [4.69, 9.17) is 29.2 Å². The Kier molecular flexibility index (Phi) is 12.6. The van der Waals surface area contributed by atoms with Crippen molar-refractivity contribution < 1.29 is 37.8 Å². The van der Waals surface area contributed by atoms with Crippen molar-refractivity contribution in [3.05, 3.63) is 89.7 Å². The number of imidazole rings is 2. The van der Waals surface area contributed by atoms with Crippen LogP contribution >= 0.6 is 11.3 Å². The van der Waals surface area contributed by atoms with Crippen molar-refractivity contribution in [2.24, 2.45) is 18.9 Å². The third-order valence-electron chi connectivity index (χ3n) is 13.6. The number of halogens is 1. The molecule has 0 bridgehead atoms. The molecule has 370 valence electrons. The third kappa shape index (κ3) is 8.75. The van der Waals surface area contributed by atoms with Crippen LogP contribution in [0.5, 0.6) is 5.75 Å². The van der Waals surface area contributed by atoms with Crippen LogP contribution in [-0.4, -0.2) is 112 Å². The Hall–Kier alpha value is -7.55. The number of likely N-dealkylation sites (tertiary alicyclic amines) is 2. The van der Waals surface area contributed by atoms with E-state index in [0.717, 1.165) is 50.5 Å². The zero-order chi connectivity index (χ0) is 49.8. The maximum absolute atomic E-state index is 17.0. The first-order valence-electron chi connectivity index (χ1n) is 23.7. The number of ether oxygens (including phenoxy) is 3. The minimum atomic E-state index is -0.786. The number of aromatic amines is 2. The van der Waals surface area contributed by atoms with Crippen molar-refractivity contribution in [2.75, 3.05) is 27.3 Å². The number of nitrogens with one attached hydrogen (secondary N) is 4. The smallest absolute Gasteiger partial charge is 0.407 e. The molecule has 10 rings (SSSR count). The molecule has 71 heavy (non-hydrogen) atoms. The molecule has 1 unspecified atom stereocenters. The van der Waals surface area contributed by atoms with Crippen LogP contribution in [0.15, 0.2) is 67.4 Å². The Bertz CT molecular complexity index is 3170. The predicted octanol–water partition coefficient (Wildman–Crippen LogP) is 8.11. The molecule has 4 N–H and O–H groups in total. The molecule has 7 aromatic rings. The number of rotatable bonds is 12. The Morgan fingerprint density at radius 2 is 1.38 bits per heavy atom. The molecule has 0 radical (unpaired) electrons. The number of hydrogen-bond donors (Lipinski definition) is 4. The van der Waals surface area contributed by atoms with Gasteiger partial charge in [-0.25, -0.2) is 28.9 Å². The monoisotopic (exact) mass is 986 g/mol. The number of fused-ring (bicyclic) bond motifs is 5. The summed E-state index contributed by atoms with van der Waals surface area (Å²) in [5, 5.41) is 11.3. The van der Waals surface area contributed by atoms with E-state index in [1.165, 1.54) is 31.6 Å². The van der Waals surface area contributed by atoms with Gasteiger partial charge < -0.3 is 44.6 Å². The number of methoxy groups -OCH3 is 2. The van der Waals surface area contributed by atoms with E-state index in [1.807, 2.05) is 75.8 Å². The number of carbonyl (C=O) groups excluding carboxylic acids is 4. The van der Waals surface area contributed by atoms with Gasteiger partial charge in [0.25, 0.3) is 0 Å². The third-order valence-corrected chi connectivity index (χ3v) is 14.7. The molecule has 0 spiro atoms. The van der Waals surface area contributed by atoms with Crippen molar-refractivity contribution in [3.8, 4) is 50.1 Å². The predicted molar refractivity (Wildman–Crippen MR) is 261 cm³/mol. The molecule has 5 atom stereocenters. The lowest BCUT2D eigenvalue weighted by atomic mass is 10.0. The number of nitrogens with zero attached hydrogens (tertiary/aromatic N) is 8. The maximum Gasteiger partial charge on any atom is 0.407 e. The van der Waals surface area contributed by atoms with E-state index in [1.54, 1.807) is 39.3 Å². The minimum Gasteiger partial charge on any atom is -0.464 e. The van der Waals surface area contributed by atoms with Gasteiger partial charge in [-0.2, -0.15) is 5.10 Å². The summed E-state index contributed by atoms with van der Waals surface area (Å²) in [4.78, 5) is 77.4. The average molecular weight is 987 g/mol. The van der Waals surface area contributed by atoms with Crippen molar-refractivity contribution in [1.29, 1.82) is 0 Å². The zero-order valence-electron chi connectivity index (χ0n) is 40.4. The Morgan fingerprint density at radius 3 is 1.94 bits per heavy atom. The summed E-state index contributed by atoms with van der Waals surface area (Å²) in [6, 6.07) is 9.00. The van der Waals surface area contributed by atoms with Crippen LogP contribution in [-0.2, 0) is 26.1 Å². The summed E-state index contributed by atoms with van der Waals surface area (Å²) >= 11 is 1.46. The molecule has 21 heteroatoms. The second-order valence-corrected chi connectivity index (χ2v) is 20.0. The van der Waals surface area contributed by atoms with Crippen LogP contribution in [0.3, 0.4) is 0 Å². The molecule has 4 amide bonds. The van der Waals surface area contributed by atoms with Crippen molar-refractivity contribution in [3.63, 3.8) is 0 Å². The lowest BCUT2D eigenvalue weighted by Gasteiger charge is -2.30. The van der Waals surface area contributed by atoms with E-state index in [-0.39, 0.29) is 35.7 Å². The van der Waals surface area contributed by atoms with Crippen molar-refractivity contribution in [2.45, 2.75) is 83.8 Å². The van der Waals surface area contributed by atoms with Gasteiger partial charge >= 0.3 is 12.2 Å². The number of H-pyrrole nitrogens is 2. The summed E-state index contributed by atoms with van der Waals surface area (Å²) in [5.41, 5.74) is 5.20. The Morgan fingerprint density at radius 1 is 0.775 bits per heavy atom. The molecule has 3 aliphatic heterocycles. The standard InChI is InChI=1S/C50H55FN12O7S/c1-25(2)41(58-49(66)68-6)46(64)61-14-8-10-35(61)43-52-21-32(56-43)27-12-13-34-29(16-27)18-37-40-31(51)17-28(19-38(40)70-48(63(34)37)39-23-54-45(71-39)30-20-55-60(5)24-30)33-22-53-44(57-33)36-11-9-15-62(36)47(65)42(26(3)4)59-50(67)69-7/h12-13,16-26,35-36,41-42,48H,8-11,14-15H2,1-7H3,(H,52,56)(H,53,57)(H,58,66)(H,59,67)/t35-,36-,41-,42-,48?/m0/s1. The summed E-state index contributed by atoms with van der Waals surface area (Å²) in [5.74, 6) is 0.249. The molecule has 19 nitrogen and oxygen atoms in total. The van der Waals surface area contributed by atoms with E-state index in [0.29, 0.717) is 65.8 Å². The quantitative estimate of drug-likeness (QED) is 0.0916. The van der Waals surface area contributed by atoms with Gasteiger partial charge in [0.05, 0.1) is 77.9 Å². The number of aromatic nitrogens is 8. The second-order valence-electron chi connectivity index (χ2n) is 18.9. The molecule has 3 aliphatic rings. The molecule has 2 saturated heterocycles. The first kappa shape index (κ1) is 47.1. The van der Waals surface area contributed by atoms with Crippen LogP contribution in [0.2, 0.25) is 0 Å². The summed E-state index contributed by atoms with van der Waals surface area (Å²) in [7, 11) is 4.38. The molecule has 5 aromatic heterocycles. The molecule has 2 fully saturated rings. The van der Waals surface area contributed by atoms with Crippen LogP contribution in [0, 0.1) is 17.7 Å². The SMILES string of the molecule is COC(=O)N[C@H](C(=O)N1CCC[C@H]1c1ncc(-c2cc(F)c3c(c2)OC(c2cnc(-c4cnn(C)c4)s2)n2c-3cc3cc(-c4cnc([C@@H]5CCCN5C(=O)[C@@H](NC(=O)OC)C(C)C)[nH]4)ccc32)[nH]1)C(C)C. The Balaban J connectivity index is 0.983. The van der Waals surface area contributed by atoms with E-state index >= 15 is 4.39 Å². The van der Waals surface area contributed by atoms with Gasteiger partial charge in [0, 0.05) is 54.6 Å². The van der Waals surface area contributed by atoms with Gasteiger partial charge in [0.1, 0.15) is 40.3 Å². The van der Waals surface area contributed by atoms with Crippen LogP contribution < -0.4 is 15.4 Å². The minimum absolute atomic E-state index is 0.164. The topological polar surface area (TPSA) is 220 Å². The van der Waals surface area contributed by atoms with Gasteiger partial charge in [-0.3, -0.25) is 18.8 Å². The lowest BCUT2D eigenvalue weighted by Crippen LogP contribution is -2.51. The molecule has 2 aromatic carbocycles. The van der Waals surface area contributed by atoms with E-state index in [2.05, 4.69) is 25.7 Å². The summed E-state index contributed by atoms with van der Waals surface area (Å²) < 4.78 is 37.2. The highest BCUT2D eigenvalue weighted by molar-refractivity contribution is 7.15. The number of alkyl carbamates (subject to hydrolysis) is 2. The fourth-order valence-electron chi connectivity index (χ4n) is 10.0. The maximum atomic E-state index is 17.0. The number of thiazole rings is 1. The summed E-state index contributed by atoms with van der Waals surface area (Å²) in [6.07, 6.45) is 9.66. The molecular weight excluding hydrogens is 932 g/mol. The van der Waals surface area contributed by atoms with Gasteiger partial charge in [0.15, 0.2) is 0 Å². The summed E-state index contributed by atoms with van der Waals surface area (Å²) in [6.45, 7) is 8.51. The lowest BCUT2D eigenvalue weighted by molar-refractivity contribution is -0.136. The number of benzene rings is 2. The highest BCUT2D eigenvalue weighted by Crippen LogP contribution is 2.49. The first-order valence-corrected chi connectivity index (χ1v) is 24.5. The van der Waals surface area contributed by atoms with Crippen molar-refractivity contribution >= 4 is 46.2 Å². The van der Waals surface area contributed by atoms with Gasteiger partial charge in [-0.05, 0) is 67.9 Å². The number of aryl methyl sites for hydroxylation is 1. The average Bonchev–Trinajstić information content (AvgIpc) is 4.22. The molecule has 0 aliphatic carbocycles. The van der Waals surface area contributed by atoms with E-state index in [9.17, 15) is 19.2 Å². The van der Waals surface area contributed by atoms with Crippen LogP contribution in [0.1, 0.15) is 88.2 Å². The highest BCUT2D eigenvalue weighted by Gasteiger charge is 2.40. The Labute approximate surface area is 412 Å². The highest BCUT2D eigenvalue weighted by atomic mass is 32.1. The van der Waals surface area contributed by atoms with Crippen LogP contribution in [0.25, 0.3) is 55.2 Å². The fraction of sp³-hybridized carbons (Fsp3) is 0.400.